The monoisotopic (exact) mass is 264 g/mol. The van der Waals surface area contributed by atoms with Crippen molar-refractivity contribution in [1.29, 1.82) is 0 Å². The Morgan fingerprint density at radius 1 is 1.39 bits per heavy atom. The molecule has 2 nitrogen and oxygen atoms in total. The van der Waals surface area contributed by atoms with Crippen molar-refractivity contribution in [3.05, 3.63) is 47.4 Å². The van der Waals surface area contributed by atoms with Crippen LogP contribution in [0.4, 0.5) is 4.39 Å². The molecule has 94 valence electrons. The molecule has 1 fully saturated rings. The minimum atomic E-state index is -0.129. The van der Waals surface area contributed by atoms with E-state index in [1.165, 1.54) is 11.6 Å². The van der Waals surface area contributed by atoms with Crippen LogP contribution in [0.5, 0.6) is 0 Å². The highest BCUT2D eigenvalue weighted by atomic mass is 35.5. The van der Waals surface area contributed by atoms with Crippen molar-refractivity contribution in [3.8, 4) is 0 Å². The molecule has 3 rings (SSSR count). The van der Waals surface area contributed by atoms with Gasteiger partial charge in [0.2, 0.25) is 0 Å². The maximum Gasteiger partial charge on any atom is 0.198 e. The second kappa shape index (κ2) is 4.39. The van der Waals surface area contributed by atoms with Crippen LogP contribution >= 0.6 is 11.6 Å². The number of benzene rings is 1. The second-order valence-corrected chi connectivity index (χ2v) is 5.16. The van der Waals surface area contributed by atoms with Crippen LogP contribution in [0.3, 0.4) is 0 Å². The molecule has 1 heterocycles. The SMILES string of the molecule is CN1C(Cl)=NC=C2CCC(c3ccccc3F)C21. The number of rotatable bonds is 1. The van der Waals surface area contributed by atoms with Gasteiger partial charge in [-0.2, -0.15) is 0 Å². The van der Waals surface area contributed by atoms with Crippen LogP contribution in [0.15, 0.2) is 41.0 Å². The summed E-state index contributed by atoms with van der Waals surface area (Å²) >= 11 is 6.06. The van der Waals surface area contributed by atoms with Gasteiger partial charge in [-0.25, -0.2) is 9.38 Å². The van der Waals surface area contributed by atoms with Crippen LogP contribution in [0.25, 0.3) is 0 Å². The third-order valence-electron chi connectivity index (χ3n) is 3.85. The van der Waals surface area contributed by atoms with Gasteiger partial charge in [-0.1, -0.05) is 18.2 Å². The summed E-state index contributed by atoms with van der Waals surface area (Å²) in [5.74, 6) is 0.0301. The fourth-order valence-electron chi connectivity index (χ4n) is 2.99. The third-order valence-corrected chi connectivity index (χ3v) is 4.22. The lowest BCUT2D eigenvalue weighted by atomic mass is 9.91. The van der Waals surface area contributed by atoms with Crippen molar-refractivity contribution < 1.29 is 4.39 Å². The van der Waals surface area contributed by atoms with Crippen molar-refractivity contribution in [1.82, 2.24) is 4.90 Å². The zero-order chi connectivity index (χ0) is 12.7. The largest absolute Gasteiger partial charge is 0.343 e. The number of hydrogen-bond acceptors (Lipinski definition) is 2. The lowest BCUT2D eigenvalue weighted by molar-refractivity contribution is 0.374. The molecule has 4 heteroatoms. The van der Waals surface area contributed by atoms with Gasteiger partial charge in [-0.05, 0) is 41.6 Å². The molecule has 0 spiro atoms. The molecule has 0 aromatic heterocycles. The molecule has 0 amide bonds. The first-order valence-corrected chi connectivity index (χ1v) is 6.46. The molecule has 1 aliphatic heterocycles. The molecule has 0 saturated heterocycles. The molecular weight excluding hydrogens is 251 g/mol. The predicted octanol–water partition coefficient (Wildman–Crippen LogP) is 3.50. The Labute approximate surface area is 111 Å². The number of amidine groups is 1. The molecule has 1 aliphatic carbocycles. The summed E-state index contributed by atoms with van der Waals surface area (Å²) in [6.07, 6.45) is 3.75. The summed E-state index contributed by atoms with van der Waals surface area (Å²) in [5, 5.41) is 0.479. The van der Waals surface area contributed by atoms with Crippen LogP contribution in [0.1, 0.15) is 24.3 Å². The third kappa shape index (κ3) is 1.74. The summed E-state index contributed by atoms with van der Waals surface area (Å²) in [4.78, 5) is 6.10. The average molecular weight is 265 g/mol. The molecule has 0 radical (unpaired) electrons. The lowest BCUT2D eigenvalue weighted by Gasteiger charge is -2.33. The van der Waals surface area contributed by atoms with E-state index in [0.29, 0.717) is 5.29 Å². The molecule has 1 aromatic rings. The second-order valence-electron chi connectivity index (χ2n) is 4.82. The summed E-state index contributed by atoms with van der Waals surface area (Å²) in [7, 11) is 1.92. The molecule has 0 N–H and O–H groups in total. The van der Waals surface area contributed by atoms with Gasteiger partial charge in [0.05, 0.1) is 6.04 Å². The van der Waals surface area contributed by atoms with E-state index < -0.39 is 0 Å². The molecule has 1 saturated carbocycles. The van der Waals surface area contributed by atoms with Crippen LogP contribution in [-0.4, -0.2) is 23.3 Å². The molecular formula is C14H14ClFN2. The van der Waals surface area contributed by atoms with Crippen molar-refractivity contribution in [2.24, 2.45) is 4.99 Å². The van der Waals surface area contributed by atoms with E-state index in [-0.39, 0.29) is 17.8 Å². The van der Waals surface area contributed by atoms with Gasteiger partial charge in [0.1, 0.15) is 5.82 Å². The van der Waals surface area contributed by atoms with E-state index in [2.05, 4.69) is 4.99 Å². The van der Waals surface area contributed by atoms with Crippen molar-refractivity contribution >= 4 is 16.9 Å². The van der Waals surface area contributed by atoms with Crippen molar-refractivity contribution in [2.45, 2.75) is 24.8 Å². The number of likely N-dealkylation sites (N-methyl/N-ethyl adjacent to an activating group) is 1. The maximum atomic E-state index is 13.9. The minimum absolute atomic E-state index is 0.129. The molecule has 2 atom stereocenters. The summed E-state index contributed by atoms with van der Waals surface area (Å²) in [6.45, 7) is 0. The Bertz CT molecular complexity index is 538. The maximum absolute atomic E-state index is 13.9. The van der Waals surface area contributed by atoms with Gasteiger partial charge in [-0.15, -0.1) is 0 Å². The fraction of sp³-hybridized carbons (Fsp3) is 0.357. The Kier molecular flexibility index (Phi) is 2.86. The Morgan fingerprint density at radius 2 is 2.17 bits per heavy atom. The van der Waals surface area contributed by atoms with E-state index in [9.17, 15) is 4.39 Å². The van der Waals surface area contributed by atoms with E-state index in [0.717, 1.165) is 18.4 Å². The van der Waals surface area contributed by atoms with Crippen LogP contribution in [0.2, 0.25) is 0 Å². The van der Waals surface area contributed by atoms with Gasteiger partial charge < -0.3 is 4.90 Å². The van der Waals surface area contributed by atoms with Gasteiger partial charge in [0.15, 0.2) is 5.29 Å². The first kappa shape index (κ1) is 11.7. The number of nitrogens with zero attached hydrogens (tertiary/aromatic N) is 2. The van der Waals surface area contributed by atoms with Gasteiger partial charge in [0, 0.05) is 19.2 Å². The highest BCUT2D eigenvalue weighted by Crippen LogP contribution is 2.43. The average Bonchev–Trinajstić information content (AvgIpc) is 2.79. The van der Waals surface area contributed by atoms with Crippen LogP contribution in [0, 0.1) is 5.82 Å². The van der Waals surface area contributed by atoms with Gasteiger partial charge >= 0.3 is 0 Å². The van der Waals surface area contributed by atoms with Gasteiger partial charge in [0.25, 0.3) is 0 Å². The fourth-order valence-corrected chi connectivity index (χ4v) is 3.14. The first-order chi connectivity index (χ1) is 8.68. The highest BCUT2D eigenvalue weighted by Gasteiger charge is 2.39. The zero-order valence-electron chi connectivity index (χ0n) is 10.1. The smallest absolute Gasteiger partial charge is 0.198 e. The van der Waals surface area contributed by atoms with Crippen molar-refractivity contribution in [2.75, 3.05) is 7.05 Å². The first-order valence-electron chi connectivity index (χ1n) is 6.08. The standard InChI is InChI=1S/C14H14ClFN2/c1-18-13-9(8-17-14(18)15)6-7-11(13)10-4-2-3-5-12(10)16/h2-5,8,11,13H,6-7H2,1H3. The molecule has 18 heavy (non-hydrogen) atoms. The van der Waals surface area contributed by atoms with E-state index in [1.807, 2.05) is 30.3 Å². The molecule has 0 bridgehead atoms. The molecule has 1 aromatic carbocycles. The van der Waals surface area contributed by atoms with Crippen LogP contribution < -0.4 is 0 Å². The summed E-state index contributed by atoms with van der Waals surface area (Å²) < 4.78 is 13.9. The molecule has 2 unspecified atom stereocenters. The normalized spacial score (nSPS) is 26.7. The lowest BCUT2D eigenvalue weighted by Crippen LogP contribution is -2.39. The van der Waals surface area contributed by atoms with E-state index in [1.54, 1.807) is 6.07 Å². The predicted molar refractivity (Wildman–Crippen MR) is 71.3 cm³/mol. The molecule has 2 aliphatic rings. The summed E-state index contributed by atoms with van der Waals surface area (Å²) in [6, 6.07) is 7.15. The van der Waals surface area contributed by atoms with E-state index in [4.69, 9.17) is 11.6 Å². The Hall–Kier alpha value is -1.35. The Morgan fingerprint density at radius 3 is 2.94 bits per heavy atom. The topological polar surface area (TPSA) is 15.6 Å². The number of aliphatic imine (C=N–C) groups is 1. The summed E-state index contributed by atoms with van der Waals surface area (Å²) in [5.41, 5.74) is 2.03. The van der Waals surface area contributed by atoms with E-state index >= 15 is 0 Å². The quantitative estimate of drug-likeness (QED) is 0.709. The number of fused-ring (bicyclic) bond motifs is 1. The van der Waals surface area contributed by atoms with Gasteiger partial charge in [-0.3, -0.25) is 0 Å². The zero-order valence-corrected chi connectivity index (χ0v) is 10.9. The number of halogens is 2. The minimum Gasteiger partial charge on any atom is -0.343 e. The Balaban J connectivity index is 1.99. The highest BCUT2D eigenvalue weighted by molar-refractivity contribution is 6.64. The van der Waals surface area contributed by atoms with Crippen molar-refractivity contribution in [3.63, 3.8) is 0 Å². The number of hydrogen-bond donors (Lipinski definition) is 0. The van der Waals surface area contributed by atoms with Crippen LogP contribution in [-0.2, 0) is 0 Å².